The standard InChI is InChI=1S/C30H30N6.2NO3/c1-33(2)27-9-5-23(6-10-27)25-13-17-35(18-14-25)29-21-31-22-30(32-29)36-19-15-26(16-20-36)24-7-11-28(12-8-24)34(3)4;2*2-1(3)4/h5-22H,1-4H3;;/q+2;2*-1. The first kappa shape index (κ1) is 32.3. The van der Waals surface area contributed by atoms with Crippen LogP contribution in [0.4, 0.5) is 11.4 Å². The lowest BCUT2D eigenvalue weighted by atomic mass is 10.1. The van der Waals surface area contributed by atoms with Crippen LogP contribution < -0.4 is 18.9 Å². The fraction of sp³-hybridized carbons (Fsp3) is 0.133. The van der Waals surface area contributed by atoms with Crippen LogP contribution in [0.25, 0.3) is 33.9 Å². The van der Waals surface area contributed by atoms with E-state index >= 15 is 0 Å². The summed E-state index contributed by atoms with van der Waals surface area (Å²) in [6, 6.07) is 25.5. The van der Waals surface area contributed by atoms with E-state index in [-0.39, 0.29) is 0 Å². The molecule has 14 heteroatoms. The Bertz CT molecular complexity index is 1530. The molecule has 0 fully saturated rings. The normalized spacial score (nSPS) is 9.91. The van der Waals surface area contributed by atoms with Crippen LogP contribution in [0.1, 0.15) is 0 Å². The summed E-state index contributed by atoms with van der Waals surface area (Å²) >= 11 is 0. The molecular formula is C30H30N8O6. The van der Waals surface area contributed by atoms with Gasteiger partial charge in [-0.25, -0.2) is 14.1 Å². The van der Waals surface area contributed by atoms with Gasteiger partial charge >= 0.3 is 11.6 Å². The topological polar surface area (TPSA) is 172 Å². The summed E-state index contributed by atoms with van der Waals surface area (Å²) in [5, 5.41) is 29.5. The second-order valence-electron chi connectivity index (χ2n) is 9.55. The van der Waals surface area contributed by atoms with Crippen LogP contribution >= 0.6 is 0 Å². The molecule has 0 aliphatic rings. The molecule has 0 spiro atoms. The van der Waals surface area contributed by atoms with Crippen molar-refractivity contribution in [2.75, 3.05) is 38.0 Å². The highest BCUT2D eigenvalue weighted by Crippen LogP contribution is 2.22. The molecular weight excluding hydrogens is 568 g/mol. The van der Waals surface area contributed by atoms with Crippen molar-refractivity contribution in [2.45, 2.75) is 0 Å². The molecule has 3 heterocycles. The van der Waals surface area contributed by atoms with Crippen molar-refractivity contribution in [3.8, 4) is 33.9 Å². The summed E-state index contributed by atoms with van der Waals surface area (Å²) in [4.78, 5) is 30.0. The largest absolute Gasteiger partial charge is 0.378 e. The smallest absolute Gasteiger partial charge is 0.351 e. The van der Waals surface area contributed by atoms with Crippen molar-refractivity contribution in [3.63, 3.8) is 0 Å². The molecule has 0 aliphatic carbocycles. The van der Waals surface area contributed by atoms with Gasteiger partial charge in [0.25, 0.3) is 0 Å². The molecule has 0 bridgehead atoms. The molecule has 0 saturated carbocycles. The van der Waals surface area contributed by atoms with Gasteiger partial charge in [-0.15, -0.1) is 0 Å². The van der Waals surface area contributed by atoms with Crippen molar-refractivity contribution in [3.05, 3.63) is 141 Å². The third-order valence-corrected chi connectivity index (χ3v) is 6.23. The zero-order valence-corrected chi connectivity index (χ0v) is 24.4. The van der Waals surface area contributed by atoms with Crippen molar-refractivity contribution in [2.24, 2.45) is 0 Å². The lowest BCUT2D eigenvalue weighted by Gasteiger charge is -2.12. The second-order valence-corrected chi connectivity index (χ2v) is 9.55. The van der Waals surface area contributed by atoms with E-state index in [1.54, 1.807) is 12.4 Å². The fourth-order valence-corrected chi connectivity index (χ4v) is 4.04. The molecule has 3 aromatic heterocycles. The molecule has 2 aromatic carbocycles. The van der Waals surface area contributed by atoms with Crippen LogP contribution in [0, 0.1) is 30.6 Å². The minimum atomic E-state index is -1.75. The molecule has 0 saturated heterocycles. The van der Waals surface area contributed by atoms with Crippen LogP contribution in [-0.2, 0) is 0 Å². The predicted molar refractivity (Wildman–Crippen MR) is 165 cm³/mol. The number of hydrogen-bond donors (Lipinski definition) is 0. The Labute approximate surface area is 253 Å². The Morgan fingerprint density at radius 2 is 0.795 bits per heavy atom. The SMILES string of the molecule is CN(C)c1ccc(-c2cc[n+](-c3cncc(-[n+]4ccc(-c5ccc(N(C)C)cc5)cc4)n3)cc2)cc1.O=[N+]([O-])[O-].O=[N+]([O-])[O-]. The highest BCUT2D eigenvalue weighted by molar-refractivity contribution is 5.66. The third kappa shape index (κ3) is 9.44. The zero-order valence-electron chi connectivity index (χ0n) is 24.4. The van der Waals surface area contributed by atoms with Gasteiger partial charge < -0.3 is 40.4 Å². The van der Waals surface area contributed by atoms with E-state index < -0.39 is 10.2 Å². The van der Waals surface area contributed by atoms with Crippen molar-refractivity contribution >= 4 is 11.4 Å². The Morgan fingerprint density at radius 3 is 1.07 bits per heavy atom. The monoisotopic (exact) mass is 598 g/mol. The quantitative estimate of drug-likeness (QED) is 0.158. The van der Waals surface area contributed by atoms with Crippen LogP contribution in [0.3, 0.4) is 0 Å². The van der Waals surface area contributed by atoms with Gasteiger partial charge in [-0.2, -0.15) is 0 Å². The Balaban J connectivity index is 0.000000592. The summed E-state index contributed by atoms with van der Waals surface area (Å²) in [6.07, 6.45) is 11.6. The lowest BCUT2D eigenvalue weighted by molar-refractivity contribution is -0.612. The highest BCUT2D eigenvalue weighted by atomic mass is 16.9. The first-order valence-electron chi connectivity index (χ1n) is 13.0. The van der Waals surface area contributed by atoms with Gasteiger partial charge in [0.1, 0.15) is 12.4 Å². The number of nitrogens with zero attached hydrogens (tertiary/aromatic N) is 8. The van der Waals surface area contributed by atoms with Gasteiger partial charge in [-0.05, 0) is 70.8 Å². The first-order valence-corrected chi connectivity index (χ1v) is 13.0. The summed E-state index contributed by atoms with van der Waals surface area (Å²) in [5.74, 6) is 1.52. The Hall–Kier alpha value is -6.18. The summed E-state index contributed by atoms with van der Waals surface area (Å²) < 4.78 is 3.96. The van der Waals surface area contributed by atoms with E-state index in [0.717, 1.165) is 22.8 Å². The minimum Gasteiger partial charge on any atom is -0.378 e. The summed E-state index contributed by atoms with van der Waals surface area (Å²) in [5.41, 5.74) is 7.04. The highest BCUT2D eigenvalue weighted by Gasteiger charge is 2.15. The number of hydrogen-bond acceptors (Lipinski definition) is 10. The van der Waals surface area contributed by atoms with E-state index in [4.69, 9.17) is 35.6 Å². The van der Waals surface area contributed by atoms with Gasteiger partial charge in [-0.3, -0.25) is 0 Å². The summed E-state index contributed by atoms with van der Waals surface area (Å²) in [6.45, 7) is 0. The second kappa shape index (κ2) is 15.2. The molecule has 0 amide bonds. The number of pyridine rings is 2. The molecule has 5 aromatic rings. The molecule has 14 nitrogen and oxygen atoms in total. The van der Waals surface area contributed by atoms with Crippen molar-refractivity contribution in [1.82, 2.24) is 9.97 Å². The Morgan fingerprint density at radius 1 is 0.523 bits per heavy atom. The van der Waals surface area contributed by atoms with Crippen molar-refractivity contribution < 1.29 is 19.3 Å². The zero-order chi connectivity index (χ0) is 32.2. The number of anilines is 2. The molecule has 5 rings (SSSR count). The average Bonchev–Trinajstić information content (AvgIpc) is 3.01. The lowest BCUT2D eigenvalue weighted by Crippen LogP contribution is -2.35. The Kier molecular flexibility index (Phi) is 11.1. The summed E-state index contributed by atoms with van der Waals surface area (Å²) in [7, 11) is 8.19. The van der Waals surface area contributed by atoms with E-state index in [2.05, 4.69) is 87.6 Å². The van der Waals surface area contributed by atoms with Crippen LogP contribution in [0.2, 0.25) is 0 Å². The van der Waals surface area contributed by atoms with Crippen LogP contribution in [0.5, 0.6) is 0 Å². The molecule has 0 unspecified atom stereocenters. The first-order chi connectivity index (χ1) is 20.9. The fourth-order valence-electron chi connectivity index (χ4n) is 4.04. The average molecular weight is 599 g/mol. The van der Waals surface area contributed by atoms with Crippen molar-refractivity contribution in [1.29, 1.82) is 0 Å². The molecule has 226 valence electrons. The van der Waals surface area contributed by atoms with E-state index in [0.29, 0.717) is 0 Å². The molecule has 0 N–H and O–H groups in total. The third-order valence-electron chi connectivity index (χ3n) is 6.23. The molecule has 0 aliphatic heterocycles. The van der Waals surface area contributed by atoms with Gasteiger partial charge in [-0.1, -0.05) is 24.3 Å². The van der Waals surface area contributed by atoms with Gasteiger partial charge in [0.2, 0.25) is 0 Å². The number of benzene rings is 2. The van der Waals surface area contributed by atoms with Gasteiger partial charge in [0.05, 0.1) is 35.0 Å². The van der Waals surface area contributed by atoms with Gasteiger partial charge in [0, 0.05) is 44.5 Å². The molecule has 0 radical (unpaired) electrons. The minimum absolute atomic E-state index is 0.762. The van der Waals surface area contributed by atoms with E-state index in [9.17, 15) is 0 Å². The van der Waals surface area contributed by atoms with Gasteiger partial charge in [0.15, 0.2) is 0 Å². The maximum atomic E-state index is 8.25. The predicted octanol–water partition coefficient (Wildman–Crippen LogP) is 4.02. The van der Waals surface area contributed by atoms with Crippen LogP contribution in [0.15, 0.2) is 110 Å². The maximum absolute atomic E-state index is 8.25. The number of rotatable bonds is 6. The van der Waals surface area contributed by atoms with E-state index in [1.165, 1.54) is 22.5 Å². The molecule has 0 atom stereocenters. The number of aromatic nitrogens is 4. The molecule has 44 heavy (non-hydrogen) atoms. The maximum Gasteiger partial charge on any atom is 0.351 e. The van der Waals surface area contributed by atoms with Crippen LogP contribution in [-0.4, -0.2) is 48.3 Å². The van der Waals surface area contributed by atoms with E-state index in [1.807, 2.05) is 62.1 Å².